The Morgan fingerprint density at radius 1 is 1.22 bits per heavy atom. The van der Waals surface area contributed by atoms with E-state index in [2.05, 4.69) is 10.0 Å². The first-order chi connectivity index (χ1) is 10.9. The van der Waals surface area contributed by atoms with Gasteiger partial charge in [0, 0.05) is 31.2 Å². The van der Waals surface area contributed by atoms with Crippen LogP contribution in [0.2, 0.25) is 0 Å². The van der Waals surface area contributed by atoms with E-state index in [1.165, 1.54) is 13.8 Å². The fourth-order valence-electron chi connectivity index (χ4n) is 2.58. The molecule has 9 nitrogen and oxygen atoms in total. The van der Waals surface area contributed by atoms with Gasteiger partial charge in [-0.25, -0.2) is 0 Å². The molecule has 130 valence electrons. The van der Waals surface area contributed by atoms with Gasteiger partial charge in [0.15, 0.2) is 12.4 Å². The van der Waals surface area contributed by atoms with Crippen LogP contribution in [0.15, 0.2) is 5.11 Å². The Hall–Kier alpha value is -1.83. The van der Waals surface area contributed by atoms with Crippen molar-refractivity contribution in [1.82, 2.24) is 0 Å². The van der Waals surface area contributed by atoms with Crippen molar-refractivity contribution in [3.63, 3.8) is 0 Å². The third-order valence-electron chi connectivity index (χ3n) is 3.55. The van der Waals surface area contributed by atoms with Crippen LogP contribution in [-0.4, -0.2) is 49.7 Å². The van der Waals surface area contributed by atoms with Crippen LogP contribution in [-0.2, 0) is 28.5 Å². The summed E-state index contributed by atoms with van der Waals surface area (Å²) in [5.74, 6) is -1.16. The van der Waals surface area contributed by atoms with Crippen LogP contribution in [0.25, 0.3) is 10.4 Å². The Labute approximate surface area is 134 Å². The molecule has 0 N–H and O–H groups in total. The molecule has 0 radical (unpaired) electrons. The van der Waals surface area contributed by atoms with E-state index in [0.29, 0.717) is 6.42 Å². The highest BCUT2D eigenvalue weighted by atomic mass is 16.7. The van der Waals surface area contributed by atoms with Gasteiger partial charge in [-0.2, -0.15) is 0 Å². The van der Waals surface area contributed by atoms with Gasteiger partial charge in [0.2, 0.25) is 0 Å². The summed E-state index contributed by atoms with van der Waals surface area (Å²) in [5.41, 5.74) is 8.27. The average molecular weight is 329 g/mol. The minimum Gasteiger partial charge on any atom is -0.458 e. The Morgan fingerprint density at radius 3 is 2.35 bits per heavy atom. The van der Waals surface area contributed by atoms with Crippen molar-refractivity contribution < 1.29 is 28.5 Å². The van der Waals surface area contributed by atoms with E-state index in [1.807, 2.05) is 13.8 Å². The lowest BCUT2D eigenvalue weighted by atomic mass is 9.89. The molecule has 0 aliphatic carbocycles. The molecular formula is C14H23N3O6. The molecular weight excluding hydrogens is 306 g/mol. The lowest BCUT2D eigenvalue weighted by Crippen LogP contribution is -2.57. The molecule has 5 atom stereocenters. The molecule has 0 aromatic carbocycles. The number of carbonyl (C=O) groups excluding carboxylic acids is 2. The summed E-state index contributed by atoms with van der Waals surface area (Å²) in [4.78, 5) is 25.4. The van der Waals surface area contributed by atoms with Gasteiger partial charge in [-0.1, -0.05) is 19.0 Å². The third-order valence-corrected chi connectivity index (χ3v) is 3.55. The zero-order valence-corrected chi connectivity index (χ0v) is 13.8. The molecule has 1 saturated heterocycles. The van der Waals surface area contributed by atoms with Crippen LogP contribution in [0.4, 0.5) is 0 Å². The molecule has 23 heavy (non-hydrogen) atoms. The smallest absolute Gasteiger partial charge is 0.303 e. The van der Waals surface area contributed by atoms with Crippen molar-refractivity contribution in [2.24, 2.45) is 11.0 Å². The fraction of sp³-hybridized carbons (Fsp3) is 0.857. The molecule has 1 heterocycles. The van der Waals surface area contributed by atoms with Crippen molar-refractivity contribution in [3.05, 3.63) is 10.4 Å². The standard InChI is InChI=1S/C14H23N3O6/c1-5-11-8(2)12(21-9(3)18)13(22-10(4)19)14(23-11)20-7-6-16-17-15/h8,11-14H,5-7H2,1-4H3/t8-,11-,12+,13-,14-/m1/s1. The maximum absolute atomic E-state index is 11.4. The van der Waals surface area contributed by atoms with E-state index in [0.717, 1.165) is 0 Å². The van der Waals surface area contributed by atoms with Gasteiger partial charge in [-0.15, -0.1) is 0 Å². The number of ether oxygens (including phenoxy) is 4. The first kappa shape index (κ1) is 19.2. The highest BCUT2D eigenvalue weighted by Gasteiger charge is 2.47. The topological polar surface area (TPSA) is 120 Å². The SMILES string of the molecule is CC[C@H]1O[C@@H](OCCN=[N+]=[N-])[C@H](OC(C)=O)[C@@H](OC(C)=O)[C@@H]1C. The van der Waals surface area contributed by atoms with Gasteiger partial charge in [0.1, 0.15) is 6.10 Å². The van der Waals surface area contributed by atoms with Gasteiger partial charge in [-0.3, -0.25) is 9.59 Å². The van der Waals surface area contributed by atoms with Gasteiger partial charge in [-0.05, 0) is 12.0 Å². The lowest BCUT2D eigenvalue weighted by molar-refractivity contribution is -0.289. The lowest BCUT2D eigenvalue weighted by Gasteiger charge is -2.43. The molecule has 1 aliphatic heterocycles. The van der Waals surface area contributed by atoms with Crippen molar-refractivity contribution in [3.8, 4) is 0 Å². The maximum atomic E-state index is 11.4. The Kier molecular flexibility index (Phi) is 7.80. The van der Waals surface area contributed by atoms with Crippen LogP contribution in [0.1, 0.15) is 34.1 Å². The monoisotopic (exact) mass is 329 g/mol. The van der Waals surface area contributed by atoms with Crippen LogP contribution < -0.4 is 0 Å². The number of nitrogens with zero attached hydrogens (tertiary/aromatic N) is 3. The fourth-order valence-corrected chi connectivity index (χ4v) is 2.58. The van der Waals surface area contributed by atoms with E-state index < -0.39 is 30.4 Å². The summed E-state index contributed by atoms with van der Waals surface area (Å²) in [7, 11) is 0. The Bertz CT molecular complexity index is 465. The van der Waals surface area contributed by atoms with Gasteiger partial charge < -0.3 is 18.9 Å². The number of azide groups is 1. The quantitative estimate of drug-likeness (QED) is 0.231. The summed E-state index contributed by atoms with van der Waals surface area (Å²) in [6.07, 6.45) is -1.96. The average Bonchev–Trinajstić information content (AvgIpc) is 2.48. The molecule has 0 amide bonds. The van der Waals surface area contributed by atoms with E-state index in [-0.39, 0.29) is 25.2 Å². The normalized spacial score (nSPS) is 30.2. The summed E-state index contributed by atoms with van der Waals surface area (Å²) in [6, 6.07) is 0. The maximum Gasteiger partial charge on any atom is 0.303 e. The van der Waals surface area contributed by atoms with Crippen molar-refractivity contribution in [2.75, 3.05) is 13.2 Å². The zero-order valence-electron chi connectivity index (χ0n) is 13.8. The zero-order chi connectivity index (χ0) is 17.4. The second kappa shape index (κ2) is 9.34. The van der Waals surface area contributed by atoms with Gasteiger partial charge >= 0.3 is 11.9 Å². The van der Waals surface area contributed by atoms with Crippen LogP contribution in [0, 0.1) is 5.92 Å². The minimum atomic E-state index is -0.890. The molecule has 0 unspecified atom stereocenters. The highest BCUT2D eigenvalue weighted by molar-refractivity contribution is 5.67. The Balaban J connectivity index is 2.93. The number of hydrogen-bond donors (Lipinski definition) is 0. The van der Waals surface area contributed by atoms with Gasteiger partial charge in [0.25, 0.3) is 0 Å². The number of rotatable bonds is 7. The summed E-state index contributed by atoms with van der Waals surface area (Å²) in [6.45, 7) is 6.59. The molecule has 1 aliphatic rings. The molecule has 0 bridgehead atoms. The molecule has 0 saturated carbocycles. The molecule has 1 rings (SSSR count). The first-order valence-corrected chi connectivity index (χ1v) is 7.53. The predicted molar refractivity (Wildman–Crippen MR) is 79.2 cm³/mol. The molecule has 1 fully saturated rings. The van der Waals surface area contributed by atoms with Gasteiger partial charge in [0.05, 0.1) is 12.7 Å². The van der Waals surface area contributed by atoms with Crippen LogP contribution in [0.5, 0.6) is 0 Å². The second-order valence-corrected chi connectivity index (χ2v) is 5.28. The molecule has 0 spiro atoms. The van der Waals surface area contributed by atoms with Crippen molar-refractivity contribution in [2.45, 2.75) is 58.7 Å². The Morgan fingerprint density at radius 2 is 1.83 bits per heavy atom. The summed E-state index contributed by atoms with van der Waals surface area (Å²) < 4.78 is 22.0. The third kappa shape index (κ3) is 5.70. The highest BCUT2D eigenvalue weighted by Crippen LogP contribution is 2.32. The van der Waals surface area contributed by atoms with E-state index >= 15 is 0 Å². The summed E-state index contributed by atoms with van der Waals surface area (Å²) >= 11 is 0. The van der Waals surface area contributed by atoms with E-state index in [4.69, 9.17) is 24.5 Å². The molecule has 9 heteroatoms. The van der Waals surface area contributed by atoms with E-state index in [9.17, 15) is 9.59 Å². The van der Waals surface area contributed by atoms with Crippen LogP contribution in [0.3, 0.4) is 0 Å². The summed E-state index contributed by atoms with van der Waals surface area (Å²) in [5, 5.41) is 3.37. The van der Waals surface area contributed by atoms with Crippen LogP contribution >= 0.6 is 0 Å². The number of esters is 2. The van der Waals surface area contributed by atoms with Crippen molar-refractivity contribution in [1.29, 1.82) is 0 Å². The second-order valence-electron chi connectivity index (χ2n) is 5.28. The first-order valence-electron chi connectivity index (χ1n) is 7.53. The molecule has 0 aromatic rings. The molecule has 0 aromatic heterocycles. The van der Waals surface area contributed by atoms with Crippen molar-refractivity contribution >= 4 is 11.9 Å². The largest absolute Gasteiger partial charge is 0.458 e. The number of carbonyl (C=O) groups is 2. The predicted octanol–water partition coefficient (Wildman–Crippen LogP) is 1.95. The van der Waals surface area contributed by atoms with E-state index in [1.54, 1.807) is 0 Å². The number of hydrogen-bond acceptors (Lipinski definition) is 7. The minimum absolute atomic E-state index is 0.101.